The largest absolute Gasteiger partial charge is 0.479 e. The number of aromatic nitrogens is 4. The first-order chi connectivity index (χ1) is 18.2. The standard InChI is InChI=1S/C28H36ClN5O4/c1-6-9-18(4)38-23-13-11-20(17-30-23)24-32-25(34-27(36)33-24)21-15-19(10-12-22(21)29)16-31-26(35)28(8-3,37-5)14-7-2/h10-13,15,17-18H,6-9,14,16H2,1-5H3,(H,31,35)(H,32,33,34,36)/t18-,28?/m1/s1. The molecule has 0 bridgehead atoms. The van der Waals surface area contributed by atoms with Crippen LogP contribution in [0.2, 0.25) is 5.02 Å². The molecule has 38 heavy (non-hydrogen) atoms. The van der Waals surface area contributed by atoms with Gasteiger partial charge in [-0.25, -0.2) is 9.97 Å². The lowest BCUT2D eigenvalue weighted by Crippen LogP contribution is -2.47. The fourth-order valence-electron chi connectivity index (χ4n) is 4.26. The molecule has 10 heteroatoms. The minimum atomic E-state index is -0.860. The van der Waals surface area contributed by atoms with Crippen molar-refractivity contribution >= 4 is 17.5 Å². The number of benzene rings is 1. The zero-order valence-electron chi connectivity index (χ0n) is 22.6. The Morgan fingerprint density at radius 1 is 1.11 bits per heavy atom. The summed E-state index contributed by atoms with van der Waals surface area (Å²) in [7, 11) is 1.56. The maximum atomic E-state index is 12.9. The first-order valence-corrected chi connectivity index (χ1v) is 13.3. The SMILES string of the molecule is CCC[C@@H](C)Oc1ccc(-c2nc(O)nc(-c3cc(CNC(=O)C(CC)(CCC)OC)ccc3Cl)n2)cn1. The van der Waals surface area contributed by atoms with Gasteiger partial charge in [0, 0.05) is 37.0 Å². The summed E-state index contributed by atoms with van der Waals surface area (Å²) in [4.78, 5) is 30.0. The second kappa shape index (κ2) is 13.5. The van der Waals surface area contributed by atoms with Crippen LogP contribution in [0, 0.1) is 0 Å². The van der Waals surface area contributed by atoms with E-state index in [0.717, 1.165) is 24.8 Å². The van der Waals surface area contributed by atoms with Crippen LogP contribution in [0.4, 0.5) is 0 Å². The van der Waals surface area contributed by atoms with Crippen LogP contribution in [0.1, 0.15) is 65.4 Å². The van der Waals surface area contributed by atoms with E-state index in [2.05, 4.69) is 32.2 Å². The lowest BCUT2D eigenvalue weighted by Gasteiger charge is -2.29. The number of methoxy groups -OCH3 is 1. The van der Waals surface area contributed by atoms with Crippen molar-refractivity contribution in [1.82, 2.24) is 25.3 Å². The normalized spacial score (nSPS) is 13.5. The first kappa shape index (κ1) is 29.3. The molecule has 0 fully saturated rings. The van der Waals surface area contributed by atoms with Crippen LogP contribution in [0.3, 0.4) is 0 Å². The fraction of sp³-hybridized carbons (Fsp3) is 0.464. The molecule has 0 saturated heterocycles. The highest BCUT2D eigenvalue weighted by atomic mass is 35.5. The zero-order valence-corrected chi connectivity index (χ0v) is 23.4. The van der Waals surface area contributed by atoms with Crippen LogP contribution in [-0.4, -0.2) is 49.8 Å². The maximum Gasteiger partial charge on any atom is 0.318 e. The minimum absolute atomic E-state index is 0.0601. The smallest absolute Gasteiger partial charge is 0.318 e. The van der Waals surface area contributed by atoms with Gasteiger partial charge in [-0.1, -0.05) is 51.3 Å². The van der Waals surface area contributed by atoms with E-state index >= 15 is 0 Å². The highest BCUT2D eigenvalue weighted by molar-refractivity contribution is 6.33. The fourth-order valence-corrected chi connectivity index (χ4v) is 4.46. The van der Waals surface area contributed by atoms with E-state index < -0.39 is 11.6 Å². The molecule has 0 aliphatic heterocycles. The summed E-state index contributed by atoms with van der Waals surface area (Å²) in [5, 5.41) is 13.6. The highest BCUT2D eigenvalue weighted by Gasteiger charge is 2.35. The summed E-state index contributed by atoms with van der Waals surface area (Å²) >= 11 is 6.48. The summed E-state index contributed by atoms with van der Waals surface area (Å²) in [6, 6.07) is 8.39. The van der Waals surface area contributed by atoms with Crippen molar-refractivity contribution in [2.75, 3.05) is 7.11 Å². The third-order valence-electron chi connectivity index (χ3n) is 6.39. The van der Waals surface area contributed by atoms with Gasteiger partial charge < -0.3 is 19.9 Å². The summed E-state index contributed by atoms with van der Waals surface area (Å²) < 4.78 is 11.4. The second-order valence-corrected chi connectivity index (χ2v) is 9.59. The number of carbonyl (C=O) groups excluding carboxylic acids is 1. The number of rotatable bonds is 13. The number of aromatic hydroxyl groups is 1. The summed E-state index contributed by atoms with van der Waals surface area (Å²) in [5.74, 6) is 0.791. The molecule has 0 aliphatic rings. The Balaban J connectivity index is 1.83. The average molecular weight is 542 g/mol. The Labute approximate surface area is 229 Å². The second-order valence-electron chi connectivity index (χ2n) is 9.18. The number of amides is 1. The topological polar surface area (TPSA) is 119 Å². The molecule has 1 amide bonds. The van der Waals surface area contributed by atoms with Gasteiger partial charge in [-0.15, -0.1) is 0 Å². The van der Waals surface area contributed by atoms with Crippen molar-refractivity contribution in [2.45, 2.75) is 78.0 Å². The Hall–Kier alpha value is -3.30. The van der Waals surface area contributed by atoms with Gasteiger partial charge in [-0.3, -0.25) is 4.79 Å². The van der Waals surface area contributed by atoms with Crippen LogP contribution in [0.5, 0.6) is 11.9 Å². The van der Waals surface area contributed by atoms with E-state index in [1.807, 2.05) is 26.8 Å². The molecule has 0 aliphatic carbocycles. The molecule has 204 valence electrons. The first-order valence-electron chi connectivity index (χ1n) is 13.0. The molecular formula is C28H36ClN5O4. The number of pyridine rings is 1. The Morgan fingerprint density at radius 2 is 1.87 bits per heavy atom. The van der Waals surface area contributed by atoms with Gasteiger partial charge in [0.05, 0.1) is 11.1 Å². The number of hydrogen-bond donors (Lipinski definition) is 2. The molecule has 2 N–H and O–H groups in total. The third-order valence-corrected chi connectivity index (χ3v) is 6.72. The highest BCUT2D eigenvalue weighted by Crippen LogP contribution is 2.29. The zero-order chi connectivity index (χ0) is 27.7. The Kier molecular flexibility index (Phi) is 10.4. The van der Waals surface area contributed by atoms with Crippen molar-refractivity contribution in [3.8, 4) is 34.7 Å². The molecule has 3 aromatic rings. The van der Waals surface area contributed by atoms with Crippen molar-refractivity contribution in [3.63, 3.8) is 0 Å². The number of ether oxygens (including phenoxy) is 2. The van der Waals surface area contributed by atoms with Crippen molar-refractivity contribution < 1.29 is 19.4 Å². The van der Waals surface area contributed by atoms with Gasteiger partial charge in [0.15, 0.2) is 11.6 Å². The number of hydrogen-bond acceptors (Lipinski definition) is 8. The molecule has 0 radical (unpaired) electrons. The Bertz CT molecular complexity index is 1220. The molecule has 0 saturated carbocycles. The van der Waals surface area contributed by atoms with Crippen molar-refractivity contribution in [3.05, 3.63) is 47.1 Å². The lowest BCUT2D eigenvalue weighted by atomic mass is 9.93. The molecular weight excluding hydrogens is 506 g/mol. The number of nitrogens with zero attached hydrogens (tertiary/aromatic N) is 4. The van der Waals surface area contributed by atoms with Crippen LogP contribution < -0.4 is 10.1 Å². The van der Waals surface area contributed by atoms with Gasteiger partial charge in [0.25, 0.3) is 5.91 Å². The molecule has 0 spiro atoms. The minimum Gasteiger partial charge on any atom is -0.479 e. The number of halogens is 1. The van der Waals surface area contributed by atoms with Gasteiger partial charge in [-0.2, -0.15) is 9.97 Å². The average Bonchev–Trinajstić information content (AvgIpc) is 2.91. The van der Waals surface area contributed by atoms with Crippen LogP contribution in [0.15, 0.2) is 36.5 Å². The molecule has 2 heterocycles. The van der Waals surface area contributed by atoms with E-state index in [4.69, 9.17) is 21.1 Å². The Morgan fingerprint density at radius 3 is 2.50 bits per heavy atom. The third kappa shape index (κ3) is 7.17. The lowest BCUT2D eigenvalue weighted by molar-refractivity contribution is -0.145. The van der Waals surface area contributed by atoms with Crippen molar-refractivity contribution in [1.29, 1.82) is 0 Å². The predicted molar refractivity (Wildman–Crippen MR) is 147 cm³/mol. The number of carbonyl (C=O) groups is 1. The van der Waals surface area contributed by atoms with Gasteiger partial charge in [-0.05, 0) is 49.9 Å². The molecule has 1 unspecified atom stereocenters. The van der Waals surface area contributed by atoms with E-state index in [9.17, 15) is 9.90 Å². The van der Waals surface area contributed by atoms with E-state index in [1.165, 1.54) is 0 Å². The van der Waals surface area contributed by atoms with E-state index in [0.29, 0.717) is 34.9 Å². The van der Waals surface area contributed by atoms with Crippen molar-refractivity contribution in [2.24, 2.45) is 0 Å². The van der Waals surface area contributed by atoms with Gasteiger partial charge in [0.2, 0.25) is 5.88 Å². The van der Waals surface area contributed by atoms with Crippen LogP contribution in [-0.2, 0) is 16.1 Å². The van der Waals surface area contributed by atoms with E-state index in [1.54, 1.807) is 37.6 Å². The van der Waals surface area contributed by atoms with Crippen LogP contribution >= 0.6 is 11.6 Å². The van der Waals surface area contributed by atoms with Gasteiger partial charge >= 0.3 is 6.01 Å². The summed E-state index contributed by atoms with van der Waals surface area (Å²) in [6.07, 6.45) is 5.63. The summed E-state index contributed by atoms with van der Waals surface area (Å²) in [6.45, 7) is 8.33. The number of nitrogens with one attached hydrogen (secondary N) is 1. The molecule has 1 aromatic carbocycles. The predicted octanol–water partition coefficient (Wildman–Crippen LogP) is 5.74. The molecule has 2 aromatic heterocycles. The van der Waals surface area contributed by atoms with Crippen LogP contribution in [0.25, 0.3) is 22.8 Å². The molecule has 9 nitrogen and oxygen atoms in total. The maximum absolute atomic E-state index is 12.9. The quantitative estimate of drug-likeness (QED) is 0.281. The van der Waals surface area contributed by atoms with Gasteiger partial charge in [0.1, 0.15) is 5.60 Å². The molecule has 2 atom stereocenters. The monoisotopic (exact) mass is 541 g/mol. The summed E-state index contributed by atoms with van der Waals surface area (Å²) in [5.41, 5.74) is 1.02. The van der Waals surface area contributed by atoms with E-state index in [-0.39, 0.29) is 30.2 Å². The molecule has 3 rings (SSSR count).